The zero-order chi connectivity index (χ0) is 17.8. The first-order valence-electron chi connectivity index (χ1n) is 8.17. The van der Waals surface area contributed by atoms with E-state index in [0.717, 1.165) is 42.6 Å². The van der Waals surface area contributed by atoms with Crippen molar-refractivity contribution in [3.05, 3.63) is 51.5 Å². The van der Waals surface area contributed by atoms with Crippen LogP contribution in [0.1, 0.15) is 33.9 Å². The molecule has 2 heterocycles. The third-order valence-electron chi connectivity index (χ3n) is 4.27. The molecule has 0 atom stereocenters. The molecule has 0 radical (unpaired) electrons. The molecule has 27 heavy (non-hydrogen) atoms. The average Bonchev–Trinajstić information content (AvgIpc) is 3.09. The molecule has 1 amide bonds. The lowest BCUT2D eigenvalue weighted by Gasteiger charge is -2.32. The Labute approximate surface area is 173 Å². The molecule has 1 aliphatic rings. The lowest BCUT2D eigenvalue weighted by molar-refractivity contribution is 0.0904. The van der Waals surface area contributed by atoms with Gasteiger partial charge in [0.1, 0.15) is 10.7 Å². The molecule has 3 N–H and O–H groups in total. The summed E-state index contributed by atoms with van der Waals surface area (Å²) in [5, 5.41) is 5.46. The van der Waals surface area contributed by atoms with E-state index in [1.54, 1.807) is 11.4 Å². The molecule has 1 saturated heterocycles. The van der Waals surface area contributed by atoms with E-state index in [2.05, 4.69) is 15.2 Å². The van der Waals surface area contributed by atoms with Crippen molar-refractivity contribution >= 4 is 42.1 Å². The van der Waals surface area contributed by atoms with Crippen LogP contribution in [0.25, 0.3) is 0 Å². The first kappa shape index (κ1) is 23.7. The molecule has 2 aromatic rings. The summed E-state index contributed by atoms with van der Waals surface area (Å²) in [7, 11) is 0. The minimum atomic E-state index is -0.829. The van der Waals surface area contributed by atoms with Crippen molar-refractivity contribution < 1.29 is 13.6 Å². The summed E-state index contributed by atoms with van der Waals surface area (Å²) >= 11 is 1.38. The average molecular weight is 439 g/mol. The van der Waals surface area contributed by atoms with E-state index >= 15 is 0 Å². The van der Waals surface area contributed by atoms with E-state index in [-0.39, 0.29) is 36.8 Å². The molecule has 1 aromatic carbocycles. The van der Waals surface area contributed by atoms with Gasteiger partial charge in [-0.05, 0) is 30.5 Å². The van der Waals surface area contributed by atoms with E-state index < -0.39 is 11.6 Å². The summed E-state index contributed by atoms with van der Waals surface area (Å²) in [4.78, 5) is 18.5. The Kier molecular flexibility index (Phi) is 9.55. The standard InChI is InChI=1S/C17H20F2N4OS.2ClH/c18-13-2-1-11(7-14(13)19)9-23-5-3-12(4-6-23)21-17(24)15-10-25-16(8-20)22-15;;/h1-2,7,10,12H,3-6,8-9,20H2,(H,21,24);2*1H. The highest BCUT2D eigenvalue weighted by molar-refractivity contribution is 7.09. The number of aromatic nitrogens is 1. The number of rotatable bonds is 5. The minimum absolute atomic E-state index is 0. The van der Waals surface area contributed by atoms with E-state index in [1.807, 2.05) is 0 Å². The van der Waals surface area contributed by atoms with Gasteiger partial charge in [0.15, 0.2) is 11.6 Å². The van der Waals surface area contributed by atoms with Crippen LogP contribution in [0.4, 0.5) is 8.78 Å². The van der Waals surface area contributed by atoms with Crippen LogP contribution in [0, 0.1) is 11.6 Å². The number of benzene rings is 1. The van der Waals surface area contributed by atoms with Gasteiger partial charge < -0.3 is 11.1 Å². The second kappa shape index (κ2) is 10.9. The fourth-order valence-electron chi connectivity index (χ4n) is 2.90. The maximum atomic E-state index is 13.3. The van der Waals surface area contributed by atoms with E-state index in [9.17, 15) is 13.6 Å². The predicted octanol–water partition coefficient (Wildman–Crippen LogP) is 3.12. The Morgan fingerprint density at radius 2 is 1.96 bits per heavy atom. The van der Waals surface area contributed by atoms with Crippen molar-refractivity contribution in [2.75, 3.05) is 13.1 Å². The molecule has 1 fully saturated rings. The van der Waals surface area contributed by atoms with Gasteiger partial charge in [0.25, 0.3) is 5.91 Å². The Balaban J connectivity index is 0.00000182. The van der Waals surface area contributed by atoms with Gasteiger partial charge in [-0.25, -0.2) is 13.8 Å². The van der Waals surface area contributed by atoms with Crippen LogP contribution >= 0.6 is 36.2 Å². The topological polar surface area (TPSA) is 71.2 Å². The number of thiazole rings is 1. The lowest BCUT2D eigenvalue weighted by atomic mass is 10.0. The van der Waals surface area contributed by atoms with Crippen molar-refractivity contribution in [2.45, 2.75) is 32.0 Å². The Morgan fingerprint density at radius 3 is 2.56 bits per heavy atom. The van der Waals surface area contributed by atoms with Crippen molar-refractivity contribution in [3.63, 3.8) is 0 Å². The lowest BCUT2D eigenvalue weighted by Crippen LogP contribution is -2.44. The first-order chi connectivity index (χ1) is 12.0. The van der Waals surface area contributed by atoms with Gasteiger partial charge in [-0.1, -0.05) is 6.07 Å². The van der Waals surface area contributed by atoms with Gasteiger partial charge in [0.05, 0.1) is 0 Å². The second-order valence-corrected chi connectivity index (χ2v) is 7.05. The van der Waals surface area contributed by atoms with Crippen LogP contribution in [0.3, 0.4) is 0 Å². The maximum absolute atomic E-state index is 13.3. The number of likely N-dealkylation sites (tertiary alicyclic amines) is 1. The SMILES string of the molecule is Cl.Cl.NCc1nc(C(=O)NC2CCN(Cc3ccc(F)c(F)c3)CC2)cs1. The van der Waals surface area contributed by atoms with Crippen LogP contribution < -0.4 is 11.1 Å². The van der Waals surface area contributed by atoms with Crippen LogP contribution in [-0.2, 0) is 13.1 Å². The molecule has 0 aliphatic carbocycles. The minimum Gasteiger partial charge on any atom is -0.348 e. The highest BCUT2D eigenvalue weighted by Crippen LogP contribution is 2.17. The summed E-state index contributed by atoms with van der Waals surface area (Å²) < 4.78 is 26.2. The normalized spacial score (nSPS) is 14.9. The summed E-state index contributed by atoms with van der Waals surface area (Å²) in [6.07, 6.45) is 1.62. The van der Waals surface area contributed by atoms with Crippen LogP contribution in [0.5, 0.6) is 0 Å². The maximum Gasteiger partial charge on any atom is 0.270 e. The monoisotopic (exact) mass is 438 g/mol. The number of amides is 1. The molecule has 0 saturated carbocycles. The molecular weight excluding hydrogens is 417 g/mol. The van der Waals surface area contributed by atoms with Gasteiger partial charge >= 0.3 is 0 Å². The Morgan fingerprint density at radius 1 is 1.26 bits per heavy atom. The third kappa shape index (κ3) is 6.36. The number of nitrogens with two attached hydrogens (primary N) is 1. The molecule has 10 heteroatoms. The summed E-state index contributed by atoms with van der Waals surface area (Å²) in [5.74, 6) is -1.82. The highest BCUT2D eigenvalue weighted by atomic mass is 35.5. The molecule has 1 aromatic heterocycles. The number of halogens is 4. The zero-order valence-corrected chi connectivity index (χ0v) is 16.9. The number of hydrogen-bond donors (Lipinski definition) is 2. The molecule has 150 valence electrons. The van der Waals surface area contributed by atoms with Crippen LogP contribution in [-0.4, -0.2) is 34.9 Å². The van der Waals surface area contributed by atoms with Gasteiger partial charge in [-0.2, -0.15) is 0 Å². The molecule has 3 rings (SSSR count). The fourth-order valence-corrected chi connectivity index (χ4v) is 3.55. The number of nitrogens with one attached hydrogen (secondary N) is 1. The third-order valence-corrected chi connectivity index (χ3v) is 5.14. The molecule has 5 nitrogen and oxygen atoms in total. The van der Waals surface area contributed by atoms with E-state index in [4.69, 9.17) is 5.73 Å². The first-order valence-corrected chi connectivity index (χ1v) is 9.04. The smallest absolute Gasteiger partial charge is 0.270 e. The summed E-state index contributed by atoms with van der Waals surface area (Å²) in [5.41, 5.74) is 6.67. The predicted molar refractivity (Wildman–Crippen MR) is 107 cm³/mol. The van der Waals surface area contributed by atoms with Gasteiger partial charge in [-0.3, -0.25) is 9.69 Å². The van der Waals surface area contributed by atoms with Crippen molar-refractivity contribution in [3.8, 4) is 0 Å². The van der Waals surface area contributed by atoms with Crippen molar-refractivity contribution in [1.82, 2.24) is 15.2 Å². The molecule has 0 spiro atoms. The van der Waals surface area contributed by atoms with Gasteiger partial charge in [0.2, 0.25) is 0 Å². The summed E-state index contributed by atoms with van der Waals surface area (Å²) in [6, 6.07) is 4.09. The molecule has 0 unspecified atom stereocenters. The van der Waals surface area contributed by atoms with Crippen molar-refractivity contribution in [1.29, 1.82) is 0 Å². The fraction of sp³-hybridized carbons (Fsp3) is 0.412. The molecule has 1 aliphatic heterocycles. The zero-order valence-electron chi connectivity index (χ0n) is 14.5. The molecular formula is C17H22Cl2F2N4OS. The molecule has 0 bridgehead atoms. The largest absolute Gasteiger partial charge is 0.348 e. The van der Waals surface area contributed by atoms with E-state index in [1.165, 1.54) is 17.4 Å². The number of nitrogens with zero attached hydrogens (tertiary/aromatic N) is 2. The number of hydrogen-bond acceptors (Lipinski definition) is 5. The number of carbonyl (C=O) groups is 1. The Bertz CT molecular complexity index is 754. The highest BCUT2D eigenvalue weighted by Gasteiger charge is 2.22. The van der Waals surface area contributed by atoms with Crippen molar-refractivity contribution in [2.24, 2.45) is 5.73 Å². The summed E-state index contributed by atoms with van der Waals surface area (Å²) in [6.45, 7) is 2.48. The number of piperidine rings is 1. The van der Waals surface area contributed by atoms with Gasteiger partial charge in [-0.15, -0.1) is 36.2 Å². The Hall–Kier alpha value is -1.32. The quantitative estimate of drug-likeness (QED) is 0.751. The van der Waals surface area contributed by atoms with Crippen LogP contribution in [0.2, 0.25) is 0 Å². The van der Waals surface area contributed by atoms with Gasteiger partial charge in [0, 0.05) is 37.6 Å². The second-order valence-electron chi connectivity index (χ2n) is 6.10. The van der Waals surface area contributed by atoms with E-state index in [0.29, 0.717) is 18.8 Å². The van der Waals surface area contributed by atoms with Crippen LogP contribution in [0.15, 0.2) is 23.6 Å². The number of carbonyl (C=O) groups excluding carboxylic acids is 1.